The fourth-order valence-corrected chi connectivity index (χ4v) is 3.68. The van der Waals surface area contributed by atoms with E-state index in [1.165, 1.54) is 11.3 Å². The van der Waals surface area contributed by atoms with Crippen LogP contribution < -0.4 is 4.90 Å². The van der Waals surface area contributed by atoms with Crippen molar-refractivity contribution in [2.24, 2.45) is 0 Å². The molecule has 1 saturated heterocycles. The number of halogens is 2. The molecule has 0 atom stereocenters. The van der Waals surface area contributed by atoms with Crippen LogP contribution in [-0.4, -0.2) is 23.4 Å². The molecule has 5 nitrogen and oxygen atoms in total. The zero-order chi connectivity index (χ0) is 17.1. The highest BCUT2D eigenvalue weighted by atomic mass is 35.5. The highest BCUT2D eigenvalue weighted by Crippen LogP contribution is 2.26. The Morgan fingerprint density at radius 1 is 1.38 bits per heavy atom. The van der Waals surface area contributed by atoms with Gasteiger partial charge in [0.25, 0.3) is 0 Å². The summed E-state index contributed by atoms with van der Waals surface area (Å²) in [6.45, 7) is 0.766. The first-order valence-corrected chi connectivity index (χ1v) is 9.01. The average Bonchev–Trinajstić information content (AvgIpc) is 3.15. The van der Waals surface area contributed by atoms with Gasteiger partial charge in [0.15, 0.2) is 5.13 Å². The SMILES string of the molecule is O=C(Cc1csc(N2CCCC2=O)n1)OCc1ccc(Cl)cc1Cl. The van der Waals surface area contributed by atoms with Crippen molar-refractivity contribution in [2.45, 2.75) is 25.9 Å². The molecule has 0 unspecified atom stereocenters. The number of hydrogen-bond donors (Lipinski definition) is 0. The molecule has 0 bridgehead atoms. The number of nitrogens with zero attached hydrogens (tertiary/aromatic N) is 2. The van der Waals surface area contributed by atoms with Crippen LogP contribution in [0.3, 0.4) is 0 Å². The van der Waals surface area contributed by atoms with E-state index in [1.807, 2.05) is 0 Å². The number of rotatable bonds is 5. The van der Waals surface area contributed by atoms with Gasteiger partial charge in [0.2, 0.25) is 5.91 Å². The Morgan fingerprint density at radius 2 is 2.21 bits per heavy atom. The van der Waals surface area contributed by atoms with Gasteiger partial charge in [-0.1, -0.05) is 29.3 Å². The Balaban J connectivity index is 1.55. The molecule has 1 amide bonds. The minimum Gasteiger partial charge on any atom is -0.460 e. The lowest BCUT2D eigenvalue weighted by atomic mass is 10.2. The van der Waals surface area contributed by atoms with Gasteiger partial charge in [-0.15, -0.1) is 11.3 Å². The van der Waals surface area contributed by atoms with Gasteiger partial charge < -0.3 is 4.74 Å². The predicted octanol–water partition coefficient (Wildman–Crippen LogP) is 3.86. The van der Waals surface area contributed by atoms with Crippen molar-refractivity contribution in [1.29, 1.82) is 0 Å². The second-order valence-electron chi connectivity index (χ2n) is 5.34. The first kappa shape index (κ1) is 17.2. The van der Waals surface area contributed by atoms with Crippen molar-refractivity contribution in [3.8, 4) is 0 Å². The minimum absolute atomic E-state index is 0.0593. The minimum atomic E-state index is -0.398. The lowest BCUT2D eigenvalue weighted by Crippen LogP contribution is -2.23. The van der Waals surface area contributed by atoms with Gasteiger partial charge in [-0.05, 0) is 18.6 Å². The van der Waals surface area contributed by atoms with E-state index >= 15 is 0 Å². The molecule has 8 heteroatoms. The highest BCUT2D eigenvalue weighted by molar-refractivity contribution is 7.14. The first-order chi connectivity index (χ1) is 11.5. The van der Waals surface area contributed by atoms with Gasteiger partial charge >= 0.3 is 5.97 Å². The summed E-state index contributed by atoms with van der Waals surface area (Å²) in [4.78, 5) is 29.7. The van der Waals surface area contributed by atoms with Gasteiger partial charge in [-0.2, -0.15) is 0 Å². The van der Waals surface area contributed by atoms with Crippen molar-refractivity contribution in [3.05, 3.63) is 44.9 Å². The summed E-state index contributed by atoms with van der Waals surface area (Å²) >= 11 is 13.2. The molecular formula is C16H14Cl2N2O3S. The summed E-state index contributed by atoms with van der Waals surface area (Å²) < 4.78 is 5.23. The van der Waals surface area contributed by atoms with Gasteiger partial charge in [0, 0.05) is 34.0 Å². The van der Waals surface area contributed by atoms with E-state index in [0.29, 0.717) is 39.4 Å². The van der Waals surface area contributed by atoms with E-state index in [2.05, 4.69) is 4.98 Å². The maximum absolute atomic E-state index is 12.0. The number of amides is 1. The highest BCUT2D eigenvalue weighted by Gasteiger charge is 2.24. The number of carbonyl (C=O) groups is 2. The standard InChI is InChI=1S/C16H14Cl2N2O3S/c17-11-4-3-10(13(18)6-11)8-23-15(22)7-12-9-24-16(19-12)20-5-1-2-14(20)21/h3-4,6,9H,1-2,5,7-8H2. The Hall–Kier alpha value is -1.63. The number of anilines is 1. The number of ether oxygens (including phenoxy) is 1. The number of carbonyl (C=O) groups excluding carboxylic acids is 2. The summed E-state index contributed by atoms with van der Waals surface area (Å²) in [6, 6.07) is 5.01. The van der Waals surface area contributed by atoms with Crippen LogP contribution in [0.5, 0.6) is 0 Å². The van der Waals surface area contributed by atoms with Crippen LogP contribution >= 0.6 is 34.5 Å². The predicted molar refractivity (Wildman–Crippen MR) is 93.7 cm³/mol. The van der Waals surface area contributed by atoms with E-state index in [1.54, 1.807) is 28.5 Å². The Morgan fingerprint density at radius 3 is 2.92 bits per heavy atom. The summed E-state index contributed by atoms with van der Waals surface area (Å²) in [5.41, 5.74) is 1.29. The van der Waals surface area contributed by atoms with Crippen molar-refractivity contribution in [3.63, 3.8) is 0 Å². The Bertz CT molecular complexity index is 778. The summed E-state index contributed by atoms with van der Waals surface area (Å²) in [7, 11) is 0. The molecule has 0 aliphatic carbocycles. The number of hydrogen-bond acceptors (Lipinski definition) is 5. The molecule has 1 aromatic carbocycles. The molecule has 126 valence electrons. The summed E-state index contributed by atoms with van der Waals surface area (Å²) in [5, 5.41) is 3.40. The van der Waals surface area contributed by atoms with Gasteiger partial charge in [0.05, 0.1) is 12.1 Å². The lowest BCUT2D eigenvalue weighted by molar-refractivity contribution is -0.144. The van der Waals surface area contributed by atoms with E-state index in [9.17, 15) is 9.59 Å². The van der Waals surface area contributed by atoms with Crippen LogP contribution in [-0.2, 0) is 27.4 Å². The molecule has 1 aliphatic rings. The molecule has 2 aromatic rings. The topological polar surface area (TPSA) is 59.5 Å². The second kappa shape index (κ2) is 7.51. The van der Waals surface area contributed by atoms with Crippen molar-refractivity contribution < 1.29 is 14.3 Å². The third-order valence-corrected chi connectivity index (χ3v) is 5.07. The number of aromatic nitrogens is 1. The normalized spacial score (nSPS) is 14.2. The van der Waals surface area contributed by atoms with Crippen molar-refractivity contribution in [2.75, 3.05) is 11.4 Å². The fourth-order valence-electron chi connectivity index (χ4n) is 2.35. The Kier molecular flexibility index (Phi) is 5.38. The van der Waals surface area contributed by atoms with Gasteiger partial charge in [0.1, 0.15) is 6.61 Å². The second-order valence-corrected chi connectivity index (χ2v) is 7.02. The number of thiazole rings is 1. The smallest absolute Gasteiger partial charge is 0.312 e. The molecule has 1 aromatic heterocycles. The lowest BCUT2D eigenvalue weighted by Gasteiger charge is -2.10. The molecule has 3 rings (SSSR count). The molecule has 0 spiro atoms. The molecule has 1 aliphatic heterocycles. The van der Waals surface area contributed by atoms with Crippen LogP contribution in [0.25, 0.3) is 0 Å². The molecule has 2 heterocycles. The molecular weight excluding hydrogens is 371 g/mol. The van der Waals surface area contributed by atoms with E-state index in [-0.39, 0.29) is 18.9 Å². The molecule has 0 saturated carbocycles. The fraction of sp³-hybridized carbons (Fsp3) is 0.312. The van der Waals surface area contributed by atoms with Crippen molar-refractivity contribution >= 4 is 51.5 Å². The van der Waals surface area contributed by atoms with Crippen LogP contribution in [0.1, 0.15) is 24.1 Å². The zero-order valence-electron chi connectivity index (χ0n) is 12.6. The van der Waals surface area contributed by atoms with E-state index in [0.717, 1.165) is 6.42 Å². The number of esters is 1. The third-order valence-electron chi connectivity index (χ3n) is 3.57. The molecule has 1 fully saturated rings. The quantitative estimate of drug-likeness (QED) is 0.734. The zero-order valence-corrected chi connectivity index (χ0v) is 15.0. The molecule has 0 radical (unpaired) electrons. The van der Waals surface area contributed by atoms with Gasteiger partial charge in [-0.25, -0.2) is 4.98 Å². The summed E-state index contributed by atoms with van der Waals surface area (Å²) in [6.07, 6.45) is 1.46. The van der Waals surface area contributed by atoms with E-state index < -0.39 is 5.97 Å². The molecule has 24 heavy (non-hydrogen) atoms. The van der Waals surface area contributed by atoms with Crippen LogP contribution in [0.4, 0.5) is 5.13 Å². The number of benzene rings is 1. The van der Waals surface area contributed by atoms with Crippen LogP contribution in [0, 0.1) is 0 Å². The van der Waals surface area contributed by atoms with Crippen LogP contribution in [0.15, 0.2) is 23.6 Å². The summed E-state index contributed by atoms with van der Waals surface area (Å²) in [5.74, 6) is -0.318. The monoisotopic (exact) mass is 384 g/mol. The maximum Gasteiger partial charge on any atom is 0.312 e. The maximum atomic E-state index is 12.0. The third kappa shape index (κ3) is 4.06. The average molecular weight is 385 g/mol. The van der Waals surface area contributed by atoms with Crippen LogP contribution in [0.2, 0.25) is 10.0 Å². The van der Waals surface area contributed by atoms with E-state index in [4.69, 9.17) is 27.9 Å². The van der Waals surface area contributed by atoms with Gasteiger partial charge in [-0.3, -0.25) is 14.5 Å². The molecule has 0 N–H and O–H groups in total. The Labute approximate surface area is 153 Å². The largest absolute Gasteiger partial charge is 0.460 e. The van der Waals surface area contributed by atoms with Crippen molar-refractivity contribution in [1.82, 2.24) is 4.98 Å². The first-order valence-electron chi connectivity index (χ1n) is 7.37.